The standard InChI is InChI=1S/C23H24N2O5/c1-14(2)21-20(15(3)25-30-21)23(27)28-16(4)22(26)24-17-10-12-19(13-11-17)29-18-8-6-5-7-9-18/h5-14,16H,1-4H3,(H,24,26)/t16-/m0/s1. The maximum Gasteiger partial charge on any atom is 0.344 e. The minimum Gasteiger partial charge on any atom is -0.457 e. The molecular weight excluding hydrogens is 384 g/mol. The summed E-state index contributed by atoms with van der Waals surface area (Å²) >= 11 is 0. The van der Waals surface area contributed by atoms with Crippen LogP contribution in [-0.4, -0.2) is 23.1 Å². The van der Waals surface area contributed by atoms with Gasteiger partial charge < -0.3 is 19.3 Å². The van der Waals surface area contributed by atoms with Gasteiger partial charge in [0.25, 0.3) is 5.91 Å². The lowest BCUT2D eigenvalue weighted by Gasteiger charge is -2.14. The lowest BCUT2D eigenvalue weighted by molar-refractivity contribution is -0.123. The Labute approximate surface area is 175 Å². The molecule has 3 rings (SSSR count). The molecule has 0 spiro atoms. The van der Waals surface area contributed by atoms with Crippen LogP contribution >= 0.6 is 0 Å². The molecule has 0 fully saturated rings. The number of aromatic nitrogens is 1. The number of nitrogens with one attached hydrogen (secondary N) is 1. The quantitative estimate of drug-likeness (QED) is 0.548. The van der Waals surface area contributed by atoms with Gasteiger partial charge in [-0.25, -0.2) is 4.79 Å². The monoisotopic (exact) mass is 408 g/mol. The van der Waals surface area contributed by atoms with Crippen LogP contribution in [0.3, 0.4) is 0 Å². The van der Waals surface area contributed by atoms with Crippen LogP contribution < -0.4 is 10.1 Å². The molecule has 1 amide bonds. The third-order valence-corrected chi connectivity index (χ3v) is 4.37. The van der Waals surface area contributed by atoms with Crippen molar-refractivity contribution in [2.24, 2.45) is 0 Å². The summed E-state index contributed by atoms with van der Waals surface area (Å²) in [5.41, 5.74) is 1.27. The van der Waals surface area contributed by atoms with E-state index in [0.717, 1.165) is 5.75 Å². The van der Waals surface area contributed by atoms with Crippen molar-refractivity contribution >= 4 is 17.6 Å². The zero-order chi connectivity index (χ0) is 21.7. The van der Waals surface area contributed by atoms with Gasteiger partial charge in [0, 0.05) is 11.6 Å². The summed E-state index contributed by atoms with van der Waals surface area (Å²) in [6.07, 6.45) is -0.993. The molecule has 30 heavy (non-hydrogen) atoms. The second kappa shape index (κ2) is 9.26. The highest BCUT2D eigenvalue weighted by molar-refractivity contribution is 5.98. The second-order valence-electron chi connectivity index (χ2n) is 7.14. The average molecular weight is 408 g/mol. The Morgan fingerprint density at radius 1 is 0.967 bits per heavy atom. The van der Waals surface area contributed by atoms with Crippen molar-refractivity contribution in [3.8, 4) is 11.5 Å². The van der Waals surface area contributed by atoms with E-state index in [0.29, 0.717) is 22.9 Å². The van der Waals surface area contributed by atoms with Crippen LogP contribution in [0, 0.1) is 6.92 Å². The topological polar surface area (TPSA) is 90.7 Å². The van der Waals surface area contributed by atoms with Crippen molar-refractivity contribution in [2.45, 2.75) is 39.7 Å². The first-order chi connectivity index (χ1) is 14.3. The summed E-state index contributed by atoms with van der Waals surface area (Å²) in [6.45, 7) is 6.95. The van der Waals surface area contributed by atoms with Gasteiger partial charge in [-0.3, -0.25) is 4.79 Å². The first-order valence-corrected chi connectivity index (χ1v) is 9.66. The molecule has 0 radical (unpaired) electrons. The minimum absolute atomic E-state index is 0.0329. The number of carbonyl (C=O) groups is 2. The van der Waals surface area contributed by atoms with Crippen LogP contribution in [-0.2, 0) is 9.53 Å². The van der Waals surface area contributed by atoms with Crippen molar-refractivity contribution in [2.75, 3.05) is 5.32 Å². The van der Waals surface area contributed by atoms with Crippen LogP contribution in [0.4, 0.5) is 5.69 Å². The number of carbonyl (C=O) groups excluding carboxylic acids is 2. The van der Waals surface area contributed by atoms with Gasteiger partial charge in [0.15, 0.2) is 11.9 Å². The number of anilines is 1. The average Bonchev–Trinajstić information content (AvgIpc) is 3.12. The molecule has 3 aromatic rings. The zero-order valence-electron chi connectivity index (χ0n) is 17.3. The number of aryl methyl sites for hydroxylation is 1. The van der Waals surface area contributed by atoms with Gasteiger partial charge in [-0.05, 0) is 50.2 Å². The highest BCUT2D eigenvalue weighted by Crippen LogP contribution is 2.24. The predicted molar refractivity (Wildman–Crippen MR) is 112 cm³/mol. The van der Waals surface area contributed by atoms with E-state index in [9.17, 15) is 9.59 Å². The van der Waals surface area contributed by atoms with Crippen molar-refractivity contribution in [1.82, 2.24) is 5.16 Å². The maximum absolute atomic E-state index is 12.5. The number of hydrogen-bond donors (Lipinski definition) is 1. The predicted octanol–water partition coefficient (Wildman–Crippen LogP) is 5.08. The molecule has 0 bridgehead atoms. The van der Waals surface area contributed by atoms with Crippen molar-refractivity contribution in [1.29, 1.82) is 0 Å². The van der Waals surface area contributed by atoms with E-state index in [4.69, 9.17) is 14.0 Å². The molecule has 1 aromatic heterocycles. The third kappa shape index (κ3) is 5.05. The van der Waals surface area contributed by atoms with E-state index in [-0.39, 0.29) is 11.5 Å². The number of ether oxygens (including phenoxy) is 2. The molecule has 0 aliphatic rings. The van der Waals surface area contributed by atoms with Gasteiger partial charge in [-0.2, -0.15) is 0 Å². The molecule has 0 aliphatic carbocycles. The summed E-state index contributed by atoms with van der Waals surface area (Å²) in [6, 6.07) is 16.3. The highest BCUT2D eigenvalue weighted by atomic mass is 16.5. The number of rotatable bonds is 7. The number of nitrogens with zero attached hydrogens (tertiary/aromatic N) is 1. The molecule has 7 nitrogen and oxygen atoms in total. The molecule has 156 valence electrons. The fourth-order valence-electron chi connectivity index (χ4n) is 2.78. The minimum atomic E-state index is -0.993. The Hall–Kier alpha value is -3.61. The number of benzene rings is 2. The maximum atomic E-state index is 12.5. The molecule has 2 aromatic carbocycles. The molecule has 1 N–H and O–H groups in total. The summed E-state index contributed by atoms with van der Waals surface area (Å²) in [7, 11) is 0. The number of hydrogen-bond acceptors (Lipinski definition) is 6. The van der Waals surface area contributed by atoms with Crippen molar-refractivity contribution in [3.05, 3.63) is 71.6 Å². The molecule has 7 heteroatoms. The number of esters is 1. The normalized spacial score (nSPS) is 11.8. The number of amides is 1. The molecule has 0 unspecified atom stereocenters. The Bertz CT molecular complexity index is 1010. The molecule has 1 atom stereocenters. The Morgan fingerprint density at radius 3 is 2.23 bits per heavy atom. The summed E-state index contributed by atoms with van der Waals surface area (Å²) in [5.74, 6) is 0.697. The zero-order valence-corrected chi connectivity index (χ0v) is 17.3. The van der Waals surface area contributed by atoms with Gasteiger partial charge >= 0.3 is 5.97 Å². The highest BCUT2D eigenvalue weighted by Gasteiger charge is 2.27. The SMILES string of the molecule is Cc1noc(C(C)C)c1C(=O)O[C@@H](C)C(=O)Nc1ccc(Oc2ccccc2)cc1. The summed E-state index contributed by atoms with van der Waals surface area (Å²) in [4.78, 5) is 25.0. The molecular formula is C23H24N2O5. The van der Waals surface area contributed by atoms with Gasteiger partial charge in [0.05, 0.1) is 5.69 Å². The van der Waals surface area contributed by atoms with Crippen molar-refractivity contribution in [3.63, 3.8) is 0 Å². The molecule has 0 saturated heterocycles. The molecule has 0 aliphatic heterocycles. The fourth-order valence-corrected chi connectivity index (χ4v) is 2.78. The van der Waals surface area contributed by atoms with Gasteiger partial charge in [-0.15, -0.1) is 0 Å². The summed E-state index contributed by atoms with van der Waals surface area (Å²) < 4.78 is 16.3. The third-order valence-electron chi connectivity index (χ3n) is 4.37. The Balaban J connectivity index is 1.59. The van der Waals surface area contributed by atoms with Gasteiger partial charge in [0.1, 0.15) is 17.1 Å². The van der Waals surface area contributed by atoms with Crippen molar-refractivity contribution < 1.29 is 23.6 Å². The van der Waals surface area contributed by atoms with E-state index < -0.39 is 18.0 Å². The Kier molecular flexibility index (Phi) is 6.51. The first-order valence-electron chi connectivity index (χ1n) is 9.66. The lowest BCUT2D eigenvalue weighted by Crippen LogP contribution is -2.30. The van der Waals surface area contributed by atoms with E-state index in [1.54, 1.807) is 31.2 Å². The second-order valence-corrected chi connectivity index (χ2v) is 7.14. The lowest BCUT2D eigenvalue weighted by atomic mass is 10.1. The molecule has 1 heterocycles. The van der Waals surface area contributed by atoms with E-state index in [1.807, 2.05) is 44.2 Å². The van der Waals surface area contributed by atoms with E-state index >= 15 is 0 Å². The van der Waals surface area contributed by atoms with E-state index in [2.05, 4.69) is 10.5 Å². The van der Waals surface area contributed by atoms with Crippen LogP contribution in [0.15, 0.2) is 59.1 Å². The first kappa shape index (κ1) is 21.1. The Morgan fingerprint density at radius 2 is 1.60 bits per heavy atom. The van der Waals surface area contributed by atoms with E-state index in [1.165, 1.54) is 6.92 Å². The molecule has 0 saturated carbocycles. The van der Waals surface area contributed by atoms with Crippen LogP contribution in [0.2, 0.25) is 0 Å². The smallest absolute Gasteiger partial charge is 0.344 e. The largest absolute Gasteiger partial charge is 0.457 e. The van der Waals surface area contributed by atoms with Crippen LogP contribution in [0.1, 0.15) is 48.5 Å². The fraction of sp³-hybridized carbons (Fsp3) is 0.261. The van der Waals surface area contributed by atoms with Gasteiger partial charge in [0.2, 0.25) is 0 Å². The van der Waals surface area contributed by atoms with Crippen LogP contribution in [0.25, 0.3) is 0 Å². The van der Waals surface area contributed by atoms with Gasteiger partial charge in [-0.1, -0.05) is 37.2 Å². The van der Waals surface area contributed by atoms with Crippen LogP contribution in [0.5, 0.6) is 11.5 Å². The number of para-hydroxylation sites is 1. The summed E-state index contributed by atoms with van der Waals surface area (Å²) in [5, 5.41) is 6.55.